The number of fused-ring (bicyclic) bond motifs is 2. The van der Waals surface area contributed by atoms with Crippen molar-refractivity contribution in [2.75, 3.05) is 31.1 Å². The number of benzene rings is 2. The summed E-state index contributed by atoms with van der Waals surface area (Å²) in [4.78, 5) is 19.4. The summed E-state index contributed by atoms with van der Waals surface area (Å²) >= 11 is 0. The van der Waals surface area contributed by atoms with Crippen LogP contribution in [0.3, 0.4) is 0 Å². The van der Waals surface area contributed by atoms with Crippen molar-refractivity contribution < 1.29 is 0 Å². The van der Waals surface area contributed by atoms with E-state index in [4.69, 9.17) is 9.97 Å². The molecule has 1 aliphatic heterocycles. The molecule has 0 saturated carbocycles. The van der Waals surface area contributed by atoms with Gasteiger partial charge in [0, 0.05) is 49.4 Å². The molecule has 5 heterocycles. The summed E-state index contributed by atoms with van der Waals surface area (Å²) in [5.41, 5.74) is 6.62. The predicted octanol–water partition coefficient (Wildman–Crippen LogP) is 3.70. The molecule has 0 aliphatic carbocycles. The smallest absolute Gasteiger partial charge is 0.163 e. The lowest BCUT2D eigenvalue weighted by Gasteiger charge is -2.29. The molecule has 6 aromatic rings. The van der Waals surface area contributed by atoms with E-state index in [-0.39, 0.29) is 0 Å². The first-order chi connectivity index (χ1) is 18.8. The largest absolute Gasteiger partial charge is 0.354 e. The maximum Gasteiger partial charge on any atom is 0.163 e. The van der Waals surface area contributed by atoms with Gasteiger partial charge in [-0.2, -0.15) is 5.26 Å². The number of nitrogens with zero attached hydrogens (tertiary/aromatic N) is 8. The first-order valence-electron chi connectivity index (χ1n) is 12.4. The van der Waals surface area contributed by atoms with Gasteiger partial charge >= 0.3 is 0 Å². The molecule has 2 aromatic carbocycles. The summed E-state index contributed by atoms with van der Waals surface area (Å²) in [5.74, 6) is 1.57. The molecule has 4 aromatic heterocycles. The molecule has 0 radical (unpaired) electrons. The number of para-hydroxylation sites is 1. The van der Waals surface area contributed by atoms with Crippen molar-refractivity contribution >= 4 is 27.8 Å². The molecule has 0 atom stereocenters. The molecule has 184 valence electrons. The third-order valence-corrected chi connectivity index (χ3v) is 6.91. The second-order valence-electron chi connectivity index (χ2n) is 9.14. The van der Waals surface area contributed by atoms with Gasteiger partial charge in [0.1, 0.15) is 30.2 Å². The van der Waals surface area contributed by atoms with Crippen LogP contribution in [0, 0.1) is 11.3 Å². The number of nitriles is 1. The molecule has 0 unspecified atom stereocenters. The number of piperazine rings is 1. The van der Waals surface area contributed by atoms with Crippen LogP contribution >= 0.6 is 0 Å². The second-order valence-corrected chi connectivity index (χ2v) is 9.14. The summed E-state index contributed by atoms with van der Waals surface area (Å²) in [6.45, 7) is 3.66. The minimum atomic E-state index is 0.359. The lowest BCUT2D eigenvalue weighted by atomic mass is 10.0. The van der Waals surface area contributed by atoms with Crippen LogP contribution in [0.15, 0.2) is 73.4 Å². The molecule has 1 saturated heterocycles. The van der Waals surface area contributed by atoms with E-state index in [1.807, 2.05) is 30.6 Å². The highest BCUT2D eigenvalue weighted by Crippen LogP contribution is 2.35. The lowest BCUT2D eigenvalue weighted by molar-refractivity contribution is 0.585. The number of anilines is 1. The van der Waals surface area contributed by atoms with E-state index in [9.17, 15) is 5.26 Å². The zero-order valence-electron chi connectivity index (χ0n) is 20.3. The highest BCUT2D eigenvalue weighted by Gasteiger charge is 2.19. The molecule has 0 bridgehead atoms. The number of hydrogen-bond acceptors (Lipinski definition) is 8. The summed E-state index contributed by atoms with van der Waals surface area (Å²) in [7, 11) is 0. The van der Waals surface area contributed by atoms with Crippen molar-refractivity contribution in [3.63, 3.8) is 0 Å². The zero-order chi connectivity index (χ0) is 25.5. The number of aromatic nitrogens is 7. The fourth-order valence-electron chi connectivity index (χ4n) is 5.06. The number of aromatic amines is 1. The third-order valence-electron chi connectivity index (χ3n) is 6.91. The average Bonchev–Trinajstić information content (AvgIpc) is 3.67. The average molecular weight is 499 g/mol. The van der Waals surface area contributed by atoms with Gasteiger partial charge in [-0.1, -0.05) is 18.2 Å². The molecule has 1 aliphatic rings. The van der Waals surface area contributed by atoms with Gasteiger partial charge in [-0.25, -0.2) is 15.0 Å². The number of nitrogens with one attached hydrogen (secondary N) is 2. The van der Waals surface area contributed by atoms with Crippen LogP contribution in [0.2, 0.25) is 0 Å². The number of pyridine rings is 2. The Morgan fingerprint density at radius 2 is 1.84 bits per heavy atom. The van der Waals surface area contributed by atoms with E-state index in [1.165, 1.54) is 0 Å². The SMILES string of the molecule is N#Cc1cc(-c2cc(-c3nnc[nH]3)c3ncn(-c4cc(N5CCNCC5)nc5ccccc45)c3c2)ccn1. The third kappa shape index (κ3) is 3.73. The van der Waals surface area contributed by atoms with E-state index >= 15 is 0 Å². The quantitative estimate of drug-likeness (QED) is 0.377. The molecule has 10 heteroatoms. The van der Waals surface area contributed by atoms with Gasteiger partial charge in [-0.15, -0.1) is 10.2 Å². The van der Waals surface area contributed by atoms with Crippen LogP contribution in [0.4, 0.5) is 5.82 Å². The minimum absolute atomic E-state index is 0.359. The zero-order valence-corrected chi connectivity index (χ0v) is 20.3. The van der Waals surface area contributed by atoms with Crippen LogP contribution < -0.4 is 10.2 Å². The van der Waals surface area contributed by atoms with Crippen LogP contribution in [0.5, 0.6) is 0 Å². The fourth-order valence-corrected chi connectivity index (χ4v) is 5.06. The number of H-pyrrole nitrogens is 1. The number of rotatable bonds is 4. The number of hydrogen-bond donors (Lipinski definition) is 2. The molecule has 10 nitrogen and oxygen atoms in total. The molecule has 0 spiro atoms. The Bertz CT molecular complexity index is 1820. The van der Waals surface area contributed by atoms with Crippen molar-refractivity contribution in [2.45, 2.75) is 0 Å². The molecular weight excluding hydrogens is 476 g/mol. The topological polar surface area (TPSA) is 124 Å². The summed E-state index contributed by atoms with van der Waals surface area (Å²) in [5, 5.41) is 22.1. The van der Waals surface area contributed by atoms with E-state index in [0.717, 1.165) is 76.3 Å². The Morgan fingerprint density at radius 3 is 2.68 bits per heavy atom. The highest BCUT2D eigenvalue weighted by molar-refractivity contribution is 5.98. The van der Waals surface area contributed by atoms with Gasteiger partial charge in [-0.3, -0.25) is 4.57 Å². The van der Waals surface area contributed by atoms with Crippen molar-refractivity contribution in [1.82, 2.24) is 40.0 Å². The van der Waals surface area contributed by atoms with Gasteiger partial charge in [-0.05, 0) is 41.5 Å². The van der Waals surface area contributed by atoms with Gasteiger partial charge in [0.05, 0.1) is 22.2 Å². The predicted molar refractivity (Wildman–Crippen MR) is 145 cm³/mol. The fraction of sp³-hybridized carbons (Fsp3) is 0.143. The lowest BCUT2D eigenvalue weighted by Crippen LogP contribution is -2.43. The van der Waals surface area contributed by atoms with Crippen LogP contribution in [0.25, 0.3) is 50.1 Å². The maximum absolute atomic E-state index is 9.42. The highest BCUT2D eigenvalue weighted by atomic mass is 15.2. The molecule has 0 amide bonds. The van der Waals surface area contributed by atoms with Crippen LogP contribution in [-0.2, 0) is 0 Å². The standard InChI is InChI=1S/C28H22N10/c29-15-20-11-18(5-6-31-20)19-12-22(28-32-16-34-36-28)27-25(13-19)38(17-33-27)24-14-26(37-9-7-30-8-10-37)35-23-4-2-1-3-21(23)24/h1-6,11-14,16-17,30H,7-10H2,(H,32,34,36). The maximum atomic E-state index is 9.42. The molecular formula is C28H22N10. The van der Waals surface area contributed by atoms with Gasteiger partial charge in [0.15, 0.2) is 5.82 Å². The Kier molecular flexibility index (Phi) is 5.27. The van der Waals surface area contributed by atoms with E-state index in [1.54, 1.807) is 18.6 Å². The Balaban J connectivity index is 1.49. The molecule has 38 heavy (non-hydrogen) atoms. The number of imidazole rings is 1. The first-order valence-corrected chi connectivity index (χ1v) is 12.4. The van der Waals surface area contributed by atoms with Gasteiger partial charge in [0.2, 0.25) is 0 Å². The summed E-state index contributed by atoms with van der Waals surface area (Å²) in [6.07, 6.45) is 5.06. The van der Waals surface area contributed by atoms with Gasteiger partial charge in [0.25, 0.3) is 0 Å². The van der Waals surface area contributed by atoms with E-state index < -0.39 is 0 Å². The van der Waals surface area contributed by atoms with E-state index in [2.05, 4.69) is 65.3 Å². The summed E-state index contributed by atoms with van der Waals surface area (Å²) < 4.78 is 2.11. The Hall–Kier alpha value is -5.14. The van der Waals surface area contributed by atoms with Crippen LogP contribution in [0.1, 0.15) is 5.69 Å². The monoisotopic (exact) mass is 498 g/mol. The minimum Gasteiger partial charge on any atom is -0.354 e. The first kappa shape index (κ1) is 22.1. The van der Waals surface area contributed by atoms with Gasteiger partial charge < -0.3 is 15.2 Å². The van der Waals surface area contributed by atoms with Crippen molar-refractivity contribution in [1.29, 1.82) is 5.26 Å². The van der Waals surface area contributed by atoms with E-state index in [0.29, 0.717) is 11.5 Å². The summed E-state index contributed by atoms with van der Waals surface area (Å²) in [6, 6.07) is 20.3. The second kappa shape index (κ2) is 9.06. The Morgan fingerprint density at radius 1 is 0.947 bits per heavy atom. The Labute approximate surface area is 217 Å². The van der Waals surface area contributed by atoms with Crippen LogP contribution in [-0.4, -0.2) is 60.9 Å². The van der Waals surface area contributed by atoms with Crippen molar-refractivity contribution in [3.05, 3.63) is 79.1 Å². The molecule has 2 N–H and O–H groups in total. The normalized spacial score (nSPS) is 13.7. The molecule has 1 fully saturated rings. The van der Waals surface area contributed by atoms with Crippen molar-refractivity contribution in [3.8, 4) is 34.3 Å². The van der Waals surface area contributed by atoms with Crippen molar-refractivity contribution in [2.24, 2.45) is 0 Å². The molecule has 7 rings (SSSR count).